The molecule has 16 heavy (non-hydrogen) atoms. The van der Waals surface area contributed by atoms with Crippen LogP contribution in [0.4, 0.5) is 5.69 Å². The van der Waals surface area contributed by atoms with Gasteiger partial charge in [0.25, 0.3) is 0 Å². The van der Waals surface area contributed by atoms with E-state index in [-0.39, 0.29) is 11.7 Å². The number of benzene rings is 1. The maximum Gasteiger partial charge on any atom is 0.239 e. The Labute approximate surface area is 98.2 Å². The van der Waals surface area contributed by atoms with E-state index in [4.69, 9.17) is 0 Å². The lowest BCUT2D eigenvalue weighted by Gasteiger charge is -2.18. The quantitative estimate of drug-likeness (QED) is 0.799. The number of para-hydroxylation sites is 1. The summed E-state index contributed by atoms with van der Waals surface area (Å²) in [7, 11) is 0.562. The van der Waals surface area contributed by atoms with Crippen molar-refractivity contribution in [3.63, 3.8) is 0 Å². The Morgan fingerprint density at radius 2 is 2.12 bits per heavy atom. The van der Waals surface area contributed by atoms with Gasteiger partial charge in [-0.1, -0.05) is 30.9 Å². The Balaban J connectivity index is 2.95. The highest BCUT2D eigenvalue weighted by atomic mass is 32.2. The van der Waals surface area contributed by atoms with Crippen molar-refractivity contribution >= 4 is 28.5 Å². The molecule has 1 atom stereocenters. The zero-order chi connectivity index (χ0) is 12.1. The minimum atomic E-state index is -1.12. The number of anilines is 1. The Morgan fingerprint density at radius 1 is 1.50 bits per heavy atom. The summed E-state index contributed by atoms with van der Waals surface area (Å²) in [6.45, 7) is 3.70. The average Bonchev–Trinajstić information content (AvgIpc) is 2.27. The molecular weight excluding hydrogens is 222 g/mol. The van der Waals surface area contributed by atoms with Gasteiger partial charge in [-0.2, -0.15) is 0 Å². The molecule has 0 saturated carbocycles. The largest absolute Gasteiger partial charge is 0.314 e. The lowest BCUT2D eigenvalue weighted by Crippen LogP contribution is -2.30. The van der Waals surface area contributed by atoms with Crippen LogP contribution in [0.5, 0.6) is 0 Å². The van der Waals surface area contributed by atoms with Gasteiger partial charge in [0.2, 0.25) is 5.91 Å². The summed E-state index contributed by atoms with van der Waals surface area (Å²) >= 11 is 0. The second-order valence-electron chi connectivity index (χ2n) is 3.43. The summed E-state index contributed by atoms with van der Waals surface area (Å²) in [6, 6.07) is 7.47. The van der Waals surface area contributed by atoms with Crippen LogP contribution in [0.25, 0.3) is 6.08 Å². The summed E-state index contributed by atoms with van der Waals surface area (Å²) in [5, 5.41) is 0. The Bertz CT molecular complexity index is 429. The van der Waals surface area contributed by atoms with E-state index >= 15 is 0 Å². The predicted molar refractivity (Wildman–Crippen MR) is 68.9 cm³/mol. The van der Waals surface area contributed by atoms with Gasteiger partial charge in [0.05, 0.1) is 5.69 Å². The third-order valence-electron chi connectivity index (χ3n) is 2.22. The molecule has 1 unspecified atom stereocenters. The maximum atomic E-state index is 11.7. The molecule has 86 valence electrons. The van der Waals surface area contributed by atoms with Gasteiger partial charge in [-0.05, 0) is 11.6 Å². The first-order valence-corrected chi connectivity index (χ1v) is 6.57. The van der Waals surface area contributed by atoms with Crippen LogP contribution < -0.4 is 4.90 Å². The summed E-state index contributed by atoms with van der Waals surface area (Å²) in [5.41, 5.74) is 1.67. The highest BCUT2D eigenvalue weighted by Gasteiger charge is 2.13. The molecule has 0 aliphatic heterocycles. The number of amides is 1. The molecule has 3 nitrogen and oxygen atoms in total. The van der Waals surface area contributed by atoms with Gasteiger partial charge >= 0.3 is 0 Å². The molecule has 0 bridgehead atoms. The minimum Gasteiger partial charge on any atom is -0.314 e. The second kappa shape index (κ2) is 5.61. The molecule has 1 rings (SSSR count). The van der Waals surface area contributed by atoms with Gasteiger partial charge in [-0.3, -0.25) is 9.00 Å². The molecule has 0 radical (unpaired) electrons. The molecule has 1 aromatic rings. The molecule has 0 aliphatic rings. The smallest absolute Gasteiger partial charge is 0.239 e. The van der Waals surface area contributed by atoms with Crippen LogP contribution in [0.2, 0.25) is 0 Å². The first-order valence-electron chi connectivity index (χ1n) is 4.84. The van der Waals surface area contributed by atoms with Crippen LogP contribution in [-0.2, 0) is 15.6 Å². The zero-order valence-electron chi connectivity index (χ0n) is 9.47. The lowest BCUT2D eigenvalue weighted by atomic mass is 10.1. The van der Waals surface area contributed by atoms with Gasteiger partial charge in [0.1, 0.15) is 5.75 Å². The standard InChI is InChI=1S/C12H15NO2S/c1-4-10-7-5-6-8-11(10)13(2)12(14)9-16(3)15/h4-8H,1,9H2,2-3H3. The third-order valence-corrected chi connectivity index (χ3v) is 2.87. The predicted octanol–water partition coefficient (Wildman–Crippen LogP) is 1.67. The Hall–Kier alpha value is -1.42. The normalized spacial score (nSPS) is 11.9. The zero-order valence-corrected chi connectivity index (χ0v) is 10.3. The fraction of sp³-hybridized carbons (Fsp3) is 0.250. The van der Waals surface area contributed by atoms with Gasteiger partial charge in [0.15, 0.2) is 0 Å². The molecule has 0 heterocycles. The fourth-order valence-corrected chi connectivity index (χ4v) is 1.91. The second-order valence-corrected chi connectivity index (χ2v) is 4.87. The first kappa shape index (κ1) is 12.6. The van der Waals surface area contributed by atoms with Gasteiger partial charge < -0.3 is 4.90 Å². The van der Waals surface area contributed by atoms with Crippen molar-refractivity contribution < 1.29 is 9.00 Å². The van der Waals surface area contributed by atoms with Crippen molar-refractivity contribution in [1.29, 1.82) is 0 Å². The Kier molecular flexibility index (Phi) is 4.43. The molecule has 0 N–H and O–H groups in total. The SMILES string of the molecule is C=Cc1ccccc1N(C)C(=O)CS(C)=O. The average molecular weight is 237 g/mol. The number of nitrogens with zero attached hydrogens (tertiary/aromatic N) is 1. The van der Waals surface area contributed by atoms with Crippen LogP contribution in [0.3, 0.4) is 0 Å². The van der Waals surface area contributed by atoms with Crippen molar-refractivity contribution in [2.45, 2.75) is 0 Å². The monoisotopic (exact) mass is 237 g/mol. The summed E-state index contributed by atoms with van der Waals surface area (Å²) in [4.78, 5) is 13.2. The molecular formula is C12H15NO2S. The van der Waals surface area contributed by atoms with Crippen LogP contribution in [0.15, 0.2) is 30.8 Å². The van der Waals surface area contributed by atoms with E-state index in [0.717, 1.165) is 11.3 Å². The highest BCUT2D eigenvalue weighted by molar-refractivity contribution is 7.85. The van der Waals surface area contributed by atoms with Gasteiger partial charge in [-0.25, -0.2) is 0 Å². The van der Waals surface area contributed by atoms with Crippen molar-refractivity contribution in [2.75, 3.05) is 24.0 Å². The van der Waals surface area contributed by atoms with E-state index in [1.54, 1.807) is 13.1 Å². The number of hydrogen-bond acceptors (Lipinski definition) is 2. The minimum absolute atomic E-state index is 0.0436. The van der Waals surface area contributed by atoms with E-state index in [0.29, 0.717) is 0 Å². The number of rotatable bonds is 4. The van der Waals surface area contributed by atoms with E-state index in [2.05, 4.69) is 6.58 Å². The fourth-order valence-electron chi connectivity index (χ4n) is 1.37. The molecule has 1 amide bonds. The molecule has 0 aromatic heterocycles. The van der Waals surface area contributed by atoms with Crippen LogP contribution in [0, 0.1) is 0 Å². The van der Waals surface area contributed by atoms with Crippen molar-refractivity contribution in [2.24, 2.45) is 0 Å². The van der Waals surface area contributed by atoms with Crippen LogP contribution in [0.1, 0.15) is 5.56 Å². The van der Waals surface area contributed by atoms with Crippen LogP contribution >= 0.6 is 0 Å². The number of hydrogen-bond donors (Lipinski definition) is 0. The molecule has 1 aromatic carbocycles. The van der Waals surface area contributed by atoms with Gasteiger partial charge in [-0.15, -0.1) is 0 Å². The molecule has 4 heteroatoms. The van der Waals surface area contributed by atoms with Crippen molar-refractivity contribution in [1.82, 2.24) is 0 Å². The van der Waals surface area contributed by atoms with Crippen molar-refractivity contribution in [3.8, 4) is 0 Å². The molecule has 0 saturated heterocycles. The summed E-state index contributed by atoms with van der Waals surface area (Å²) in [5.74, 6) is -0.114. The van der Waals surface area contributed by atoms with E-state index < -0.39 is 10.8 Å². The molecule has 0 spiro atoms. The van der Waals surface area contributed by atoms with E-state index in [9.17, 15) is 9.00 Å². The Morgan fingerprint density at radius 3 is 2.69 bits per heavy atom. The lowest BCUT2D eigenvalue weighted by molar-refractivity contribution is -0.115. The summed E-state index contributed by atoms with van der Waals surface area (Å²) in [6.07, 6.45) is 3.22. The first-order chi connectivity index (χ1) is 7.56. The highest BCUT2D eigenvalue weighted by Crippen LogP contribution is 2.20. The van der Waals surface area contributed by atoms with Crippen LogP contribution in [-0.4, -0.2) is 29.2 Å². The third kappa shape index (κ3) is 3.03. The maximum absolute atomic E-state index is 11.7. The van der Waals surface area contributed by atoms with E-state index in [1.807, 2.05) is 24.3 Å². The van der Waals surface area contributed by atoms with Gasteiger partial charge in [0, 0.05) is 24.1 Å². The summed E-state index contributed by atoms with van der Waals surface area (Å²) < 4.78 is 11.0. The molecule has 0 aliphatic carbocycles. The molecule has 0 fully saturated rings. The topological polar surface area (TPSA) is 37.4 Å². The number of carbonyl (C=O) groups excluding carboxylic acids is 1. The van der Waals surface area contributed by atoms with E-state index in [1.165, 1.54) is 11.2 Å². The number of carbonyl (C=O) groups is 1. The van der Waals surface area contributed by atoms with Crippen molar-refractivity contribution in [3.05, 3.63) is 36.4 Å².